The molecular formula is C19H15BrCl2N2OS2. The van der Waals surface area contributed by atoms with Crippen molar-refractivity contribution in [2.24, 2.45) is 0 Å². The number of aromatic nitrogens is 2. The van der Waals surface area contributed by atoms with Crippen LogP contribution in [0.2, 0.25) is 5.02 Å². The molecule has 0 bridgehead atoms. The molecule has 0 aliphatic rings. The van der Waals surface area contributed by atoms with Gasteiger partial charge < -0.3 is 9.30 Å². The average molecular weight is 502 g/mol. The van der Waals surface area contributed by atoms with Crippen LogP contribution in [0.1, 0.15) is 21.9 Å². The van der Waals surface area contributed by atoms with Gasteiger partial charge in [-0.1, -0.05) is 75.2 Å². The Morgan fingerprint density at radius 3 is 2.52 bits per heavy atom. The zero-order valence-corrected chi connectivity index (χ0v) is 18.7. The Bertz CT molecular complexity index is 874. The minimum absolute atomic E-state index is 0.157. The van der Waals surface area contributed by atoms with Gasteiger partial charge >= 0.3 is 0 Å². The zero-order valence-electron chi connectivity index (χ0n) is 14.0. The molecule has 3 rings (SSSR count). The van der Waals surface area contributed by atoms with Crippen molar-refractivity contribution < 1.29 is 4.74 Å². The van der Waals surface area contributed by atoms with E-state index in [0.29, 0.717) is 16.0 Å². The predicted octanol–water partition coefficient (Wildman–Crippen LogP) is 7.01. The number of halogens is 3. The van der Waals surface area contributed by atoms with Crippen molar-refractivity contribution in [3.63, 3.8) is 0 Å². The molecular weight excluding hydrogens is 487 g/mol. The molecule has 0 aliphatic carbocycles. The minimum Gasteiger partial charge on any atom is -0.474 e. The molecule has 0 spiro atoms. The Morgan fingerprint density at radius 1 is 1.19 bits per heavy atom. The van der Waals surface area contributed by atoms with Gasteiger partial charge in [0.15, 0.2) is 0 Å². The van der Waals surface area contributed by atoms with Crippen LogP contribution < -0.4 is 0 Å². The van der Waals surface area contributed by atoms with Crippen molar-refractivity contribution in [3.05, 3.63) is 87.9 Å². The van der Waals surface area contributed by atoms with Crippen molar-refractivity contribution in [2.45, 2.75) is 17.4 Å². The van der Waals surface area contributed by atoms with Crippen LogP contribution in [0, 0.1) is 0 Å². The van der Waals surface area contributed by atoms with Gasteiger partial charge in [0.05, 0.1) is 11.6 Å². The van der Waals surface area contributed by atoms with E-state index >= 15 is 0 Å². The fraction of sp³-hybridized carbons (Fsp3) is 0.158. The molecule has 0 fully saturated rings. The number of hydrogen-bond acceptors (Lipinski definition) is 4. The smallest absolute Gasteiger partial charge is 0.221 e. The molecule has 0 amide bonds. The molecule has 1 aromatic heterocycles. The number of nitrogens with zero attached hydrogens (tertiary/aromatic N) is 2. The molecule has 0 N–H and O–H groups in total. The number of imidazole rings is 1. The van der Waals surface area contributed by atoms with Crippen LogP contribution in [0.5, 0.6) is 0 Å². The van der Waals surface area contributed by atoms with Crippen LogP contribution in [-0.4, -0.2) is 13.9 Å². The first-order chi connectivity index (χ1) is 13.0. The van der Waals surface area contributed by atoms with Crippen molar-refractivity contribution in [3.8, 4) is 0 Å². The van der Waals surface area contributed by atoms with Crippen molar-refractivity contribution in [1.82, 2.24) is 9.55 Å². The quantitative estimate of drug-likeness (QED) is 0.268. The summed E-state index contributed by atoms with van der Waals surface area (Å²) in [6.07, 6.45) is 5.21. The van der Waals surface area contributed by atoms with E-state index in [2.05, 4.69) is 20.9 Å². The highest BCUT2D eigenvalue weighted by atomic mass is 79.9. The highest BCUT2D eigenvalue weighted by molar-refractivity contribution is 9.10. The lowest BCUT2D eigenvalue weighted by atomic mass is 10.1. The Morgan fingerprint density at radius 2 is 1.89 bits per heavy atom. The van der Waals surface area contributed by atoms with E-state index in [1.807, 2.05) is 59.3 Å². The van der Waals surface area contributed by atoms with Gasteiger partial charge in [0, 0.05) is 21.9 Å². The summed E-state index contributed by atoms with van der Waals surface area (Å²) in [5.41, 5.74) is 1.67. The summed E-state index contributed by atoms with van der Waals surface area (Å²) in [5, 5.41) is 0.515. The maximum Gasteiger partial charge on any atom is 0.221 e. The topological polar surface area (TPSA) is 27.1 Å². The molecule has 0 saturated heterocycles. The summed E-state index contributed by atoms with van der Waals surface area (Å²) >= 11 is 23.0. The van der Waals surface area contributed by atoms with Gasteiger partial charge in [-0.15, -0.1) is 0 Å². The molecule has 3 aromatic rings. The maximum atomic E-state index is 6.72. The summed E-state index contributed by atoms with van der Waals surface area (Å²) in [5.74, 6) is 0. The number of hydrogen-bond donors (Lipinski definition) is 0. The number of alkyl halides is 1. The van der Waals surface area contributed by atoms with E-state index in [1.165, 1.54) is 11.8 Å². The highest BCUT2D eigenvalue weighted by Gasteiger charge is 2.25. The first-order valence-corrected chi connectivity index (χ1v) is 10.9. The van der Waals surface area contributed by atoms with Crippen LogP contribution in [0.25, 0.3) is 0 Å². The third-order valence-electron chi connectivity index (χ3n) is 3.75. The predicted molar refractivity (Wildman–Crippen MR) is 120 cm³/mol. The lowest BCUT2D eigenvalue weighted by molar-refractivity contribution is 0.310. The van der Waals surface area contributed by atoms with E-state index in [0.717, 1.165) is 15.6 Å². The molecule has 2 aromatic carbocycles. The van der Waals surface area contributed by atoms with Crippen LogP contribution in [0.4, 0.5) is 0 Å². The Labute approximate surface area is 186 Å². The number of thiocarbonyl (C=S) groups is 1. The third-order valence-corrected chi connectivity index (χ3v) is 6.66. The Kier molecular flexibility index (Phi) is 7.61. The average Bonchev–Trinajstić information content (AvgIpc) is 3.21. The fourth-order valence-electron chi connectivity index (χ4n) is 2.37. The van der Waals surface area contributed by atoms with Gasteiger partial charge in [-0.3, -0.25) is 0 Å². The van der Waals surface area contributed by atoms with Crippen LogP contribution in [-0.2, 0) is 11.3 Å². The third kappa shape index (κ3) is 5.96. The maximum absolute atomic E-state index is 6.72. The minimum atomic E-state index is -0.382. The van der Waals surface area contributed by atoms with Gasteiger partial charge in [-0.25, -0.2) is 4.98 Å². The van der Waals surface area contributed by atoms with Gasteiger partial charge in [0.25, 0.3) is 0 Å². The fourth-order valence-corrected chi connectivity index (χ4v) is 4.42. The molecule has 140 valence electrons. The number of ether oxygens (including phenoxy) is 1. The monoisotopic (exact) mass is 500 g/mol. The summed E-state index contributed by atoms with van der Waals surface area (Å²) < 4.78 is 9.08. The molecule has 0 aliphatic heterocycles. The number of thioether (sulfide) groups is 1. The Balaban J connectivity index is 1.71. The van der Waals surface area contributed by atoms with E-state index in [4.69, 9.17) is 40.2 Å². The molecule has 0 radical (unpaired) electrons. The number of benzene rings is 2. The molecule has 0 saturated carbocycles. The molecule has 8 heteroatoms. The molecule has 1 heterocycles. The van der Waals surface area contributed by atoms with Gasteiger partial charge in [0.2, 0.25) is 4.38 Å². The van der Waals surface area contributed by atoms with E-state index in [9.17, 15) is 0 Å². The van der Waals surface area contributed by atoms with Gasteiger partial charge in [-0.2, -0.15) is 0 Å². The van der Waals surface area contributed by atoms with Gasteiger partial charge in [0.1, 0.15) is 12.1 Å². The SMILES string of the molecule is S=C(OCc1ccc(Br)cc1)SC(c1ccc(Cl)cc1)C(Cl)n1ccnc1. The van der Waals surface area contributed by atoms with Gasteiger partial charge in [-0.05, 0) is 47.6 Å². The molecule has 27 heavy (non-hydrogen) atoms. The molecule has 2 atom stereocenters. The summed E-state index contributed by atoms with van der Waals surface area (Å²) in [6.45, 7) is 0.407. The standard InChI is InChI=1S/C19H15BrCl2N2OS2/c20-15-5-1-13(2-6-15)11-25-19(26)27-17(14-3-7-16(21)8-4-14)18(22)24-10-9-23-12-24/h1-10,12,17-18H,11H2. The van der Waals surface area contributed by atoms with Crippen molar-refractivity contribution in [1.29, 1.82) is 0 Å². The lowest BCUT2D eigenvalue weighted by Gasteiger charge is -2.23. The largest absolute Gasteiger partial charge is 0.474 e. The second kappa shape index (κ2) is 9.94. The summed E-state index contributed by atoms with van der Waals surface area (Å²) in [4.78, 5) is 4.08. The Hall–Kier alpha value is -1.05. The van der Waals surface area contributed by atoms with Crippen LogP contribution in [0.15, 0.2) is 71.7 Å². The van der Waals surface area contributed by atoms with E-state index in [1.54, 1.807) is 12.5 Å². The zero-order chi connectivity index (χ0) is 19.2. The van der Waals surface area contributed by atoms with Crippen LogP contribution >= 0.6 is 63.1 Å². The second-order valence-electron chi connectivity index (χ2n) is 5.64. The van der Waals surface area contributed by atoms with Crippen molar-refractivity contribution >= 4 is 67.5 Å². The first kappa shape index (κ1) is 20.7. The lowest BCUT2D eigenvalue weighted by Crippen LogP contribution is -2.12. The van der Waals surface area contributed by atoms with Crippen molar-refractivity contribution in [2.75, 3.05) is 0 Å². The van der Waals surface area contributed by atoms with Crippen LogP contribution in [0.3, 0.4) is 0 Å². The van der Waals surface area contributed by atoms with E-state index < -0.39 is 0 Å². The number of rotatable bonds is 6. The van der Waals surface area contributed by atoms with E-state index in [-0.39, 0.29) is 10.8 Å². The second-order valence-corrected chi connectivity index (χ2v) is 9.18. The molecule has 2 unspecified atom stereocenters. The first-order valence-electron chi connectivity index (χ1n) is 7.98. The molecule has 3 nitrogen and oxygen atoms in total. The summed E-state index contributed by atoms with van der Waals surface area (Å²) in [7, 11) is 0. The normalized spacial score (nSPS) is 13.1. The summed E-state index contributed by atoms with van der Waals surface area (Å²) in [6, 6.07) is 15.5. The highest BCUT2D eigenvalue weighted by Crippen LogP contribution is 2.42.